The molecular weight excluding hydrogens is 338 g/mol. The summed E-state index contributed by atoms with van der Waals surface area (Å²) in [5.41, 5.74) is 0.909. The third-order valence-corrected chi connectivity index (χ3v) is 4.01. The van der Waals surface area contributed by atoms with Crippen molar-refractivity contribution < 1.29 is 9.90 Å². The van der Waals surface area contributed by atoms with Crippen molar-refractivity contribution in [1.82, 2.24) is 14.7 Å². The molecule has 2 aromatic heterocycles. The Hall–Kier alpha value is -1.73. The predicted octanol–water partition coefficient (Wildman–Crippen LogP) is 1.41. The van der Waals surface area contributed by atoms with Crippen molar-refractivity contribution in [2.24, 2.45) is 5.92 Å². The van der Waals surface area contributed by atoms with Crippen LogP contribution in [-0.2, 0) is 11.3 Å². The van der Waals surface area contributed by atoms with E-state index in [2.05, 4.69) is 26.2 Å². The standard InChI is InChI=1S/C14H14BrN3O3/c15-9-3-4-11-17-10(5-12(19)18(11)7-9)6-16-13(14(20)21)8-1-2-8/h3-5,7-8,13,16H,1-2,6H2,(H,20,21). The van der Waals surface area contributed by atoms with Gasteiger partial charge in [0.2, 0.25) is 0 Å². The van der Waals surface area contributed by atoms with Gasteiger partial charge < -0.3 is 5.11 Å². The van der Waals surface area contributed by atoms with Gasteiger partial charge in [0.1, 0.15) is 11.7 Å². The zero-order valence-corrected chi connectivity index (χ0v) is 12.7. The van der Waals surface area contributed by atoms with E-state index in [1.807, 2.05) is 6.07 Å². The fraction of sp³-hybridized carbons (Fsp3) is 0.357. The number of carboxylic acid groups (broad SMARTS) is 1. The smallest absolute Gasteiger partial charge is 0.320 e. The first-order valence-corrected chi connectivity index (χ1v) is 7.48. The van der Waals surface area contributed by atoms with Crippen molar-refractivity contribution in [2.45, 2.75) is 25.4 Å². The average molecular weight is 352 g/mol. The Labute approximate surface area is 128 Å². The van der Waals surface area contributed by atoms with E-state index in [-0.39, 0.29) is 18.0 Å². The van der Waals surface area contributed by atoms with E-state index < -0.39 is 12.0 Å². The summed E-state index contributed by atoms with van der Waals surface area (Å²) >= 11 is 3.31. The summed E-state index contributed by atoms with van der Waals surface area (Å²) in [5.74, 6) is -0.654. The molecule has 0 radical (unpaired) electrons. The molecule has 7 heteroatoms. The van der Waals surface area contributed by atoms with Gasteiger partial charge in [0.15, 0.2) is 0 Å². The van der Waals surface area contributed by atoms with Crippen LogP contribution in [0.25, 0.3) is 5.65 Å². The highest BCUT2D eigenvalue weighted by Crippen LogP contribution is 2.32. The van der Waals surface area contributed by atoms with E-state index in [9.17, 15) is 9.59 Å². The summed E-state index contributed by atoms with van der Waals surface area (Å²) < 4.78 is 2.24. The topological polar surface area (TPSA) is 83.7 Å². The van der Waals surface area contributed by atoms with Crippen LogP contribution in [0.5, 0.6) is 0 Å². The van der Waals surface area contributed by atoms with Crippen LogP contribution in [-0.4, -0.2) is 26.5 Å². The predicted molar refractivity (Wildman–Crippen MR) is 80.1 cm³/mol. The normalized spacial score (nSPS) is 16.0. The Balaban J connectivity index is 1.82. The monoisotopic (exact) mass is 351 g/mol. The van der Waals surface area contributed by atoms with Gasteiger partial charge in [-0.3, -0.25) is 19.3 Å². The first kappa shape index (κ1) is 14.2. The van der Waals surface area contributed by atoms with Gasteiger partial charge in [-0.05, 0) is 46.8 Å². The van der Waals surface area contributed by atoms with Gasteiger partial charge >= 0.3 is 5.97 Å². The van der Waals surface area contributed by atoms with Crippen molar-refractivity contribution >= 4 is 27.5 Å². The van der Waals surface area contributed by atoms with Crippen molar-refractivity contribution in [2.75, 3.05) is 0 Å². The van der Waals surface area contributed by atoms with Crippen molar-refractivity contribution in [1.29, 1.82) is 0 Å². The third-order valence-electron chi connectivity index (χ3n) is 3.54. The van der Waals surface area contributed by atoms with E-state index in [1.165, 1.54) is 10.5 Å². The Morgan fingerprint density at radius 3 is 2.95 bits per heavy atom. The second kappa shape index (κ2) is 5.57. The first-order valence-electron chi connectivity index (χ1n) is 6.68. The minimum Gasteiger partial charge on any atom is -0.480 e. The van der Waals surface area contributed by atoms with Crippen LogP contribution in [0.1, 0.15) is 18.5 Å². The molecule has 2 aromatic rings. The molecule has 0 saturated heterocycles. The van der Waals surface area contributed by atoms with Gasteiger partial charge in [-0.25, -0.2) is 4.98 Å². The van der Waals surface area contributed by atoms with Crippen LogP contribution in [0, 0.1) is 5.92 Å². The maximum atomic E-state index is 12.0. The van der Waals surface area contributed by atoms with E-state index in [4.69, 9.17) is 5.11 Å². The molecule has 0 amide bonds. The number of fused-ring (bicyclic) bond motifs is 1. The zero-order chi connectivity index (χ0) is 15.0. The van der Waals surface area contributed by atoms with Gasteiger partial charge in [-0.1, -0.05) is 0 Å². The van der Waals surface area contributed by atoms with E-state index in [1.54, 1.807) is 12.3 Å². The molecule has 1 unspecified atom stereocenters. The number of aromatic nitrogens is 2. The number of nitrogens with zero attached hydrogens (tertiary/aromatic N) is 2. The first-order chi connectivity index (χ1) is 10.0. The highest BCUT2D eigenvalue weighted by Gasteiger charge is 2.35. The lowest BCUT2D eigenvalue weighted by atomic mass is 10.2. The van der Waals surface area contributed by atoms with Crippen LogP contribution in [0.15, 0.2) is 33.7 Å². The number of aliphatic carboxylic acids is 1. The lowest BCUT2D eigenvalue weighted by Gasteiger charge is -2.13. The van der Waals surface area contributed by atoms with Crippen LogP contribution in [0.4, 0.5) is 0 Å². The molecule has 1 aliphatic rings. The van der Waals surface area contributed by atoms with Crippen molar-refractivity contribution in [3.05, 3.63) is 44.9 Å². The molecule has 0 aliphatic heterocycles. The number of pyridine rings is 1. The van der Waals surface area contributed by atoms with Gasteiger partial charge in [0, 0.05) is 23.3 Å². The second-order valence-corrected chi connectivity index (χ2v) is 6.11. The van der Waals surface area contributed by atoms with Crippen molar-refractivity contribution in [3.8, 4) is 0 Å². The number of carbonyl (C=O) groups is 1. The van der Waals surface area contributed by atoms with Crippen molar-refractivity contribution in [3.63, 3.8) is 0 Å². The molecule has 2 N–H and O–H groups in total. The summed E-state index contributed by atoms with van der Waals surface area (Å²) in [4.78, 5) is 27.6. The molecule has 6 nitrogen and oxygen atoms in total. The second-order valence-electron chi connectivity index (χ2n) is 5.20. The van der Waals surface area contributed by atoms with Crippen LogP contribution < -0.4 is 10.9 Å². The molecule has 1 atom stereocenters. The molecule has 0 aromatic carbocycles. The average Bonchev–Trinajstić information content (AvgIpc) is 3.24. The number of hydrogen-bond donors (Lipinski definition) is 2. The Kier molecular flexibility index (Phi) is 3.77. The summed E-state index contributed by atoms with van der Waals surface area (Å²) in [6, 6.07) is 4.42. The maximum absolute atomic E-state index is 12.0. The minimum atomic E-state index is -0.848. The molecular formula is C14H14BrN3O3. The van der Waals surface area contributed by atoms with Crippen LogP contribution in [0.2, 0.25) is 0 Å². The number of carboxylic acids is 1. The quantitative estimate of drug-likeness (QED) is 0.850. The maximum Gasteiger partial charge on any atom is 0.320 e. The molecule has 3 rings (SSSR count). The number of rotatable bonds is 5. The zero-order valence-electron chi connectivity index (χ0n) is 11.1. The summed E-state index contributed by atoms with van der Waals surface area (Å²) in [6.07, 6.45) is 3.53. The lowest BCUT2D eigenvalue weighted by Crippen LogP contribution is -2.38. The van der Waals surface area contributed by atoms with Crippen LogP contribution >= 0.6 is 15.9 Å². The highest BCUT2D eigenvalue weighted by molar-refractivity contribution is 9.10. The van der Waals surface area contributed by atoms with Gasteiger partial charge in [0.05, 0.1) is 5.69 Å². The lowest BCUT2D eigenvalue weighted by molar-refractivity contribution is -0.140. The number of hydrogen-bond acceptors (Lipinski definition) is 4. The van der Waals surface area contributed by atoms with E-state index in [0.717, 1.165) is 17.3 Å². The number of nitrogens with one attached hydrogen (secondary N) is 1. The summed E-state index contributed by atoms with van der Waals surface area (Å²) in [5, 5.41) is 12.1. The molecule has 2 heterocycles. The van der Waals surface area contributed by atoms with E-state index in [0.29, 0.717) is 11.3 Å². The van der Waals surface area contributed by atoms with E-state index >= 15 is 0 Å². The van der Waals surface area contributed by atoms with Gasteiger partial charge in [-0.15, -0.1) is 0 Å². The minimum absolute atomic E-state index is 0.184. The Morgan fingerprint density at radius 2 is 2.29 bits per heavy atom. The molecule has 1 saturated carbocycles. The van der Waals surface area contributed by atoms with Gasteiger partial charge in [0.25, 0.3) is 5.56 Å². The largest absolute Gasteiger partial charge is 0.480 e. The molecule has 1 aliphatic carbocycles. The van der Waals surface area contributed by atoms with Crippen LogP contribution in [0.3, 0.4) is 0 Å². The third kappa shape index (κ3) is 3.14. The summed E-state index contributed by atoms with van der Waals surface area (Å²) in [7, 11) is 0. The Bertz CT molecular complexity index is 755. The van der Waals surface area contributed by atoms with Gasteiger partial charge in [-0.2, -0.15) is 0 Å². The fourth-order valence-corrected chi connectivity index (χ4v) is 2.65. The summed E-state index contributed by atoms with van der Waals surface area (Å²) in [6.45, 7) is 0.273. The SMILES string of the molecule is O=C(O)C(NCc1cc(=O)n2cc(Br)ccc2n1)C1CC1. The molecule has 110 valence electrons. The number of halogens is 1. The Morgan fingerprint density at radius 1 is 1.52 bits per heavy atom. The molecule has 0 spiro atoms. The molecule has 0 bridgehead atoms. The highest BCUT2D eigenvalue weighted by atomic mass is 79.9. The molecule has 1 fully saturated rings. The molecule has 21 heavy (non-hydrogen) atoms. The fourth-order valence-electron chi connectivity index (χ4n) is 2.32.